The molecule has 2 aromatic rings. The Balaban J connectivity index is 2.24. The van der Waals surface area contributed by atoms with Crippen LogP contribution in [0, 0.1) is 17.8 Å². The zero-order valence-corrected chi connectivity index (χ0v) is 23.5. The molecule has 0 radical (unpaired) electrons. The third-order valence-corrected chi connectivity index (χ3v) is 12.7. The van der Waals surface area contributed by atoms with Gasteiger partial charge in [-0.25, -0.2) is 0 Å². The minimum absolute atomic E-state index is 0.0423. The van der Waals surface area contributed by atoms with Crippen LogP contribution in [0.4, 0.5) is 0 Å². The Morgan fingerprint density at radius 1 is 0.935 bits per heavy atom. The topological polar surface area (TPSA) is 9.23 Å². The summed E-state index contributed by atoms with van der Waals surface area (Å²) in [6, 6.07) is 21.9. The summed E-state index contributed by atoms with van der Waals surface area (Å²) in [5, 5.41) is 2.77. The van der Waals surface area contributed by atoms with E-state index in [-0.39, 0.29) is 5.04 Å². The van der Waals surface area contributed by atoms with Crippen LogP contribution in [0.1, 0.15) is 60.8 Å². The predicted octanol–water partition coefficient (Wildman–Crippen LogP) is 7.59. The highest BCUT2D eigenvalue weighted by molar-refractivity contribution is 14.1. The fraction of sp³-hybridized carbons (Fsp3) is 0.500. The number of hydrogen-bond donors (Lipinski definition) is 0. The maximum atomic E-state index is 7.07. The van der Waals surface area contributed by atoms with Crippen molar-refractivity contribution in [3.8, 4) is 0 Å². The molecule has 0 amide bonds. The van der Waals surface area contributed by atoms with Crippen molar-refractivity contribution in [3.63, 3.8) is 0 Å². The number of allylic oxidation sites excluding steroid dienone is 1. The van der Waals surface area contributed by atoms with Crippen molar-refractivity contribution in [2.75, 3.05) is 6.61 Å². The van der Waals surface area contributed by atoms with E-state index in [1.54, 1.807) is 0 Å². The Bertz CT molecular complexity index is 755. The van der Waals surface area contributed by atoms with Gasteiger partial charge in [-0.3, -0.25) is 0 Å². The van der Waals surface area contributed by atoms with Crippen molar-refractivity contribution in [2.24, 2.45) is 17.8 Å². The Kier molecular flexibility index (Phi) is 10.0. The van der Waals surface area contributed by atoms with Gasteiger partial charge in [-0.05, 0) is 78.6 Å². The van der Waals surface area contributed by atoms with E-state index in [1.807, 2.05) is 0 Å². The van der Waals surface area contributed by atoms with Crippen molar-refractivity contribution < 1.29 is 4.43 Å². The molecule has 0 fully saturated rings. The van der Waals surface area contributed by atoms with Crippen molar-refractivity contribution in [2.45, 2.75) is 65.8 Å². The Morgan fingerprint density at radius 2 is 1.42 bits per heavy atom. The van der Waals surface area contributed by atoms with Gasteiger partial charge in [-0.1, -0.05) is 109 Å². The Morgan fingerprint density at radius 3 is 1.81 bits per heavy atom. The SMILES string of the molecule is C=C(I)[C@H](C)C[C@@H](CCCO[Si](c1ccccc1)(c1ccccc1)C(C)(C)C)C(C)C. The zero-order chi connectivity index (χ0) is 23.1. The van der Waals surface area contributed by atoms with Gasteiger partial charge in [-0.2, -0.15) is 0 Å². The van der Waals surface area contributed by atoms with E-state index in [2.05, 4.69) is 131 Å². The second-order valence-corrected chi connectivity index (χ2v) is 15.9. The molecule has 0 unspecified atom stereocenters. The molecule has 2 atom stereocenters. The third-order valence-electron chi connectivity index (χ3n) is 6.59. The number of halogens is 1. The van der Waals surface area contributed by atoms with E-state index in [1.165, 1.54) is 26.8 Å². The maximum Gasteiger partial charge on any atom is 0.261 e. The van der Waals surface area contributed by atoms with Crippen LogP contribution in [-0.4, -0.2) is 14.9 Å². The maximum absolute atomic E-state index is 7.07. The van der Waals surface area contributed by atoms with Crippen LogP contribution in [0.2, 0.25) is 5.04 Å². The van der Waals surface area contributed by atoms with Crippen LogP contribution in [0.5, 0.6) is 0 Å². The average molecular weight is 549 g/mol. The van der Waals surface area contributed by atoms with Gasteiger partial charge < -0.3 is 4.43 Å². The van der Waals surface area contributed by atoms with E-state index < -0.39 is 8.32 Å². The highest BCUT2D eigenvalue weighted by Gasteiger charge is 2.49. The minimum Gasteiger partial charge on any atom is -0.407 e. The molecule has 0 saturated carbocycles. The van der Waals surface area contributed by atoms with E-state index in [4.69, 9.17) is 4.43 Å². The van der Waals surface area contributed by atoms with E-state index in [9.17, 15) is 0 Å². The molecule has 0 aliphatic heterocycles. The largest absolute Gasteiger partial charge is 0.407 e. The molecule has 2 aromatic carbocycles. The van der Waals surface area contributed by atoms with Crippen molar-refractivity contribution >= 4 is 41.3 Å². The second kappa shape index (κ2) is 11.8. The summed E-state index contributed by atoms with van der Waals surface area (Å²) in [4.78, 5) is 0. The summed E-state index contributed by atoms with van der Waals surface area (Å²) in [7, 11) is -2.41. The predicted molar refractivity (Wildman–Crippen MR) is 148 cm³/mol. The molecule has 31 heavy (non-hydrogen) atoms. The Hall–Kier alpha value is -0.913. The summed E-state index contributed by atoms with van der Waals surface area (Å²) < 4.78 is 8.34. The van der Waals surface area contributed by atoms with E-state index >= 15 is 0 Å². The third kappa shape index (κ3) is 6.78. The molecular formula is C28H41IOSi. The first-order valence-corrected chi connectivity index (χ1v) is 14.7. The van der Waals surface area contributed by atoms with Crippen LogP contribution in [0.3, 0.4) is 0 Å². The summed E-state index contributed by atoms with van der Waals surface area (Å²) in [5.74, 6) is 1.97. The summed E-state index contributed by atoms with van der Waals surface area (Å²) >= 11 is 2.39. The first kappa shape index (κ1) is 26.3. The molecule has 2 rings (SSSR count). The van der Waals surface area contributed by atoms with Crippen LogP contribution >= 0.6 is 22.6 Å². The fourth-order valence-electron chi connectivity index (χ4n) is 4.64. The van der Waals surface area contributed by atoms with Crippen molar-refractivity contribution in [1.29, 1.82) is 0 Å². The number of benzene rings is 2. The molecule has 1 nitrogen and oxygen atoms in total. The molecule has 3 heteroatoms. The monoisotopic (exact) mass is 548 g/mol. The highest BCUT2D eigenvalue weighted by atomic mass is 127. The van der Waals surface area contributed by atoms with Gasteiger partial charge in [0.15, 0.2) is 0 Å². The average Bonchev–Trinajstić information content (AvgIpc) is 2.73. The van der Waals surface area contributed by atoms with Gasteiger partial charge in [-0.15, -0.1) is 0 Å². The van der Waals surface area contributed by atoms with Gasteiger partial charge in [0, 0.05) is 6.61 Å². The van der Waals surface area contributed by atoms with Gasteiger partial charge >= 0.3 is 0 Å². The molecule has 0 spiro atoms. The zero-order valence-electron chi connectivity index (χ0n) is 20.3. The molecular weight excluding hydrogens is 507 g/mol. The molecule has 0 N–H and O–H groups in total. The molecule has 0 aliphatic rings. The van der Waals surface area contributed by atoms with Crippen LogP contribution < -0.4 is 10.4 Å². The Labute approximate surface area is 206 Å². The molecule has 0 aromatic heterocycles. The molecule has 0 aliphatic carbocycles. The summed E-state index contributed by atoms with van der Waals surface area (Å²) in [6.07, 6.45) is 3.54. The lowest BCUT2D eigenvalue weighted by molar-refractivity contribution is 0.246. The van der Waals surface area contributed by atoms with Crippen LogP contribution in [0.15, 0.2) is 70.8 Å². The normalized spacial score (nSPS) is 14.5. The van der Waals surface area contributed by atoms with Gasteiger partial charge in [0.2, 0.25) is 0 Å². The first-order chi connectivity index (χ1) is 14.6. The summed E-state index contributed by atoms with van der Waals surface area (Å²) in [6.45, 7) is 19.1. The van der Waals surface area contributed by atoms with E-state index in [0.717, 1.165) is 13.0 Å². The first-order valence-electron chi connectivity index (χ1n) is 11.7. The van der Waals surface area contributed by atoms with Crippen molar-refractivity contribution in [1.82, 2.24) is 0 Å². The number of rotatable bonds is 11. The highest BCUT2D eigenvalue weighted by Crippen LogP contribution is 2.37. The minimum atomic E-state index is -2.41. The lowest BCUT2D eigenvalue weighted by Crippen LogP contribution is -2.66. The van der Waals surface area contributed by atoms with Gasteiger partial charge in [0.05, 0.1) is 0 Å². The lowest BCUT2D eigenvalue weighted by atomic mass is 9.84. The fourth-order valence-corrected chi connectivity index (χ4v) is 9.50. The standard InChI is InChI=1S/C28H41IOSi/c1-22(2)25(21-23(3)24(4)29)15-14-20-30-31(28(5,6)7,26-16-10-8-11-17-26)27-18-12-9-13-19-27/h8-13,16-19,22-23,25H,4,14-15,20-21H2,1-3,5-7H3/t23-,25-/m1/s1. The second-order valence-electron chi connectivity index (χ2n) is 10.2. The molecule has 0 saturated heterocycles. The van der Waals surface area contributed by atoms with Gasteiger partial charge in [0.25, 0.3) is 8.32 Å². The molecule has 0 bridgehead atoms. The molecule has 0 heterocycles. The smallest absolute Gasteiger partial charge is 0.261 e. The van der Waals surface area contributed by atoms with Crippen molar-refractivity contribution in [3.05, 3.63) is 70.8 Å². The quantitative estimate of drug-likeness (QED) is 0.160. The lowest BCUT2D eigenvalue weighted by Gasteiger charge is -2.43. The van der Waals surface area contributed by atoms with E-state index in [0.29, 0.717) is 17.8 Å². The number of hydrogen-bond acceptors (Lipinski definition) is 1. The molecule has 170 valence electrons. The summed E-state index contributed by atoms with van der Waals surface area (Å²) in [5.41, 5.74) is 0. The van der Waals surface area contributed by atoms with Crippen LogP contribution in [-0.2, 0) is 4.43 Å². The van der Waals surface area contributed by atoms with Crippen LogP contribution in [0.25, 0.3) is 0 Å². The van der Waals surface area contributed by atoms with Gasteiger partial charge in [0.1, 0.15) is 0 Å².